The summed E-state index contributed by atoms with van der Waals surface area (Å²) in [5.74, 6) is 0.429. The van der Waals surface area contributed by atoms with Crippen molar-refractivity contribution in [2.24, 2.45) is 0 Å². The molecule has 1 aliphatic rings. The smallest absolute Gasteiger partial charge is 0.247 e. The van der Waals surface area contributed by atoms with Gasteiger partial charge in [0, 0.05) is 6.92 Å². The van der Waals surface area contributed by atoms with Gasteiger partial charge in [0.05, 0.1) is 13.1 Å². The molecule has 1 fully saturated rings. The lowest BCUT2D eigenvalue weighted by molar-refractivity contribution is -0.146. The van der Waals surface area contributed by atoms with Crippen LogP contribution in [0.1, 0.15) is 23.3 Å². The van der Waals surface area contributed by atoms with Crippen molar-refractivity contribution in [3.05, 3.63) is 47.6 Å². The highest BCUT2D eigenvalue weighted by Crippen LogP contribution is 2.25. The van der Waals surface area contributed by atoms with Gasteiger partial charge in [0.15, 0.2) is 5.82 Å². The van der Waals surface area contributed by atoms with Crippen LogP contribution in [0.5, 0.6) is 0 Å². The van der Waals surface area contributed by atoms with E-state index in [1.165, 1.54) is 4.90 Å². The molecule has 0 radical (unpaired) electrons. The van der Waals surface area contributed by atoms with Crippen LogP contribution in [0.4, 0.5) is 0 Å². The second-order valence-corrected chi connectivity index (χ2v) is 4.78. The van der Waals surface area contributed by atoms with Crippen LogP contribution in [0.25, 0.3) is 0 Å². The molecule has 1 unspecified atom stereocenters. The summed E-state index contributed by atoms with van der Waals surface area (Å²) in [7, 11) is 0. The van der Waals surface area contributed by atoms with Crippen molar-refractivity contribution in [1.29, 1.82) is 0 Å². The fourth-order valence-electron chi connectivity index (χ4n) is 2.35. The van der Waals surface area contributed by atoms with Crippen molar-refractivity contribution < 1.29 is 14.1 Å². The van der Waals surface area contributed by atoms with Gasteiger partial charge in [-0.15, -0.1) is 0 Å². The third-order valence-corrected chi connectivity index (χ3v) is 3.29. The van der Waals surface area contributed by atoms with Gasteiger partial charge in [0.25, 0.3) is 0 Å². The van der Waals surface area contributed by atoms with Gasteiger partial charge >= 0.3 is 0 Å². The van der Waals surface area contributed by atoms with Gasteiger partial charge < -0.3 is 14.7 Å². The van der Waals surface area contributed by atoms with E-state index in [-0.39, 0.29) is 24.9 Å². The van der Waals surface area contributed by atoms with Gasteiger partial charge in [-0.05, 0) is 5.56 Å². The van der Waals surface area contributed by atoms with Crippen molar-refractivity contribution in [3.63, 3.8) is 0 Å². The van der Waals surface area contributed by atoms with E-state index in [1.807, 2.05) is 30.3 Å². The van der Waals surface area contributed by atoms with Gasteiger partial charge in [0.2, 0.25) is 17.7 Å². The monoisotopic (exact) mass is 286 g/mol. The van der Waals surface area contributed by atoms with Crippen molar-refractivity contribution >= 4 is 11.8 Å². The molecule has 0 bridgehead atoms. The molecule has 21 heavy (non-hydrogen) atoms. The Bertz CT molecular complexity index is 668. The van der Waals surface area contributed by atoms with Gasteiger partial charge in [-0.2, -0.15) is 4.98 Å². The van der Waals surface area contributed by atoms with E-state index >= 15 is 0 Å². The third kappa shape index (κ3) is 2.62. The predicted octanol–water partition coefficient (Wildman–Crippen LogP) is 0.578. The van der Waals surface area contributed by atoms with Crippen LogP contribution in [0, 0.1) is 6.92 Å². The van der Waals surface area contributed by atoms with Gasteiger partial charge in [-0.1, -0.05) is 35.5 Å². The average molecular weight is 286 g/mol. The maximum atomic E-state index is 12.2. The Balaban J connectivity index is 1.92. The molecule has 1 aromatic carbocycles. The molecule has 108 valence electrons. The number of hydrogen-bond donors (Lipinski definition) is 1. The van der Waals surface area contributed by atoms with E-state index < -0.39 is 6.04 Å². The summed E-state index contributed by atoms with van der Waals surface area (Å²) in [6, 6.07) is 8.48. The molecule has 2 aromatic rings. The SMILES string of the molecule is Cc1nc(CN2C(=O)CNC(=O)C2c2ccccc2)no1. The zero-order chi connectivity index (χ0) is 14.8. The van der Waals surface area contributed by atoms with Crippen molar-refractivity contribution in [2.45, 2.75) is 19.5 Å². The first-order valence-corrected chi connectivity index (χ1v) is 6.56. The van der Waals surface area contributed by atoms with E-state index in [1.54, 1.807) is 6.92 Å². The van der Waals surface area contributed by atoms with Crippen LogP contribution in [0.3, 0.4) is 0 Å². The average Bonchev–Trinajstić information content (AvgIpc) is 2.89. The van der Waals surface area contributed by atoms with Crippen molar-refractivity contribution in [3.8, 4) is 0 Å². The Morgan fingerprint density at radius 3 is 2.76 bits per heavy atom. The topological polar surface area (TPSA) is 88.3 Å². The quantitative estimate of drug-likeness (QED) is 0.891. The molecule has 1 atom stereocenters. The molecule has 2 heterocycles. The van der Waals surface area contributed by atoms with Crippen LogP contribution >= 0.6 is 0 Å². The minimum Gasteiger partial charge on any atom is -0.345 e. The molecule has 0 saturated carbocycles. The Hall–Kier alpha value is -2.70. The number of carbonyl (C=O) groups excluding carboxylic acids is 2. The Labute approximate surface area is 120 Å². The molecule has 0 spiro atoms. The lowest BCUT2D eigenvalue weighted by Gasteiger charge is -2.34. The predicted molar refractivity (Wildman–Crippen MR) is 71.8 cm³/mol. The number of amides is 2. The zero-order valence-electron chi connectivity index (χ0n) is 11.4. The first-order chi connectivity index (χ1) is 10.1. The second kappa shape index (κ2) is 5.35. The maximum absolute atomic E-state index is 12.2. The molecule has 0 aliphatic carbocycles. The van der Waals surface area contributed by atoms with E-state index in [0.717, 1.165) is 5.56 Å². The molecule has 1 aliphatic heterocycles. The minimum atomic E-state index is -0.675. The van der Waals surface area contributed by atoms with Gasteiger partial charge in [0.1, 0.15) is 6.04 Å². The highest BCUT2D eigenvalue weighted by Gasteiger charge is 2.36. The fourth-order valence-corrected chi connectivity index (χ4v) is 2.35. The first kappa shape index (κ1) is 13.3. The molecular weight excluding hydrogens is 272 g/mol. The standard InChI is InChI=1S/C14H14N4O3/c1-9-16-11(17-21-9)8-18-12(19)7-15-14(20)13(18)10-5-3-2-4-6-10/h2-6,13H,7-8H2,1H3,(H,15,20). The number of rotatable bonds is 3. The Kier molecular flexibility index (Phi) is 3.39. The number of benzene rings is 1. The summed E-state index contributed by atoms with van der Waals surface area (Å²) in [6.07, 6.45) is 0. The number of aryl methyl sites for hydroxylation is 1. The van der Waals surface area contributed by atoms with Crippen molar-refractivity contribution in [1.82, 2.24) is 20.4 Å². The summed E-state index contributed by atoms with van der Waals surface area (Å²) < 4.78 is 4.91. The molecule has 7 heteroatoms. The van der Waals surface area contributed by atoms with E-state index in [2.05, 4.69) is 15.5 Å². The normalized spacial score (nSPS) is 18.7. The summed E-state index contributed by atoms with van der Waals surface area (Å²) in [4.78, 5) is 29.9. The van der Waals surface area contributed by atoms with Gasteiger partial charge in [-0.3, -0.25) is 9.59 Å². The van der Waals surface area contributed by atoms with Crippen LogP contribution in [-0.2, 0) is 16.1 Å². The molecule has 1 saturated heterocycles. The largest absolute Gasteiger partial charge is 0.345 e. The number of nitrogens with zero attached hydrogens (tertiary/aromatic N) is 3. The third-order valence-electron chi connectivity index (χ3n) is 3.29. The van der Waals surface area contributed by atoms with Crippen LogP contribution < -0.4 is 5.32 Å². The lowest BCUT2D eigenvalue weighted by atomic mass is 10.0. The summed E-state index contributed by atoms with van der Waals surface area (Å²) in [5, 5.41) is 6.39. The Morgan fingerprint density at radius 2 is 2.10 bits per heavy atom. The van der Waals surface area contributed by atoms with E-state index in [0.29, 0.717) is 11.7 Å². The van der Waals surface area contributed by atoms with E-state index in [9.17, 15) is 9.59 Å². The zero-order valence-corrected chi connectivity index (χ0v) is 11.4. The Morgan fingerprint density at radius 1 is 1.33 bits per heavy atom. The summed E-state index contributed by atoms with van der Waals surface area (Å²) in [5.41, 5.74) is 0.753. The molecule has 3 rings (SSSR count). The van der Waals surface area contributed by atoms with Crippen LogP contribution in [-0.4, -0.2) is 33.4 Å². The van der Waals surface area contributed by atoms with Gasteiger partial charge in [-0.25, -0.2) is 0 Å². The minimum absolute atomic E-state index is 0.0149. The highest BCUT2D eigenvalue weighted by molar-refractivity contribution is 5.95. The number of nitrogens with one attached hydrogen (secondary N) is 1. The van der Waals surface area contributed by atoms with Crippen LogP contribution in [0.2, 0.25) is 0 Å². The summed E-state index contributed by atoms with van der Waals surface area (Å²) >= 11 is 0. The molecule has 7 nitrogen and oxygen atoms in total. The van der Waals surface area contributed by atoms with Crippen molar-refractivity contribution in [2.75, 3.05) is 6.54 Å². The number of piperazine rings is 1. The van der Waals surface area contributed by atoms with Crippen LogP contribution in [0.15, 0.2) is 34.9 Å². The number of carbonyl (C=O) groups is 2. The second-order valence-electron chi connectivity index (χ2n) is 4.78. The molecule has 2 amide bonds. The molecule has 1 N–H and O–H groups in total. The fraction of sp³-hybridized carbons (Fsp3) is 0.286. The number of hydrogen-bond acceptors (Lipinski definition) is 5. The summed E-state index contributed by atoms with van der Waals surface area (Å²) in [6.45, 7) is 1.80. The molecular formula is C14H14N4O3. The van der Waals surface area contributed by atoms with E-state index in [4.69, 9.17) is 4.52 Å². The first-order valence-electron chi connectivity index (χ1n) is 6.56. The lowest BCUT2D eigenvalue weighted by Crippen LogP contribution is -2.53. The highest BCUT2D eigenvalue weighted by atomic mass is 16.5. The number of aromatic nitrogens is 2. The molecule has 1 aromatic heterocycles. The maximum Gasteiger partial charge on any atom is 0.247 e.